The van der Waals surface area contributed by atoms with Gasteiger partial charge in [0.25, 0.3) is 0 Å². The standard InChI is InChI=1S/C14H25NO/c1-9(2)10-11(13(3,4)5)15-12(16-10)14(6,7)8/h9H,1-8H3. The van der Waals surface area contributed by atoms with Gasteiger partial charge in [0.15, 0.2) is 5.89 Å². The van der Waals surface area contributed by atoms with Gasteiger partial charge in [0.2, 0.25) is 0 Å². The van der Waals surface area contributed by atoms with Gasteiger partial charge in [-0.15, -0.1) is 0 Å². The van der Waals surface area contributed by atoms with Crippen molar-refractivity contribution in [2.45, 2.75) is 72.1 Å². The molecule has 1 rings (SSSR count). The minimum atomic E-state index is -0.0207. The molecule has 2 nitrogen and oxygen atoms in total. The highest BCUT2D eigenvalue weighted by Gasteiger charge is 2.30. The van der Waals surface area contributed by atoms with E-state index in [1.54, 1.807) is 0 Å². The number of rotatable bonds is 1. The summed E-state index contributed by atoms with van der Waals surface area (Å²) in [5.74, 6) is 2.27. The van der Waals surface area contributed by atoms with E-state index in [9.17, 15) is 0 Å². The molecule has 0 aliphatic rings. The Morgan fingerprint density at radius 3 is 1.69 bits per heavy atom. The SMILES string of the molecule is CC(C)c1oc(C(C)(C)C)nc1C(C)(C)C. The molecule has 0 radical (unpaired) electrons. The van der Waals surface area contributed by atoms with Gasteiger partial charge in [-0.2, -0.15) is 0 Å². The number of hydrogen-bond acceptors (Lipinski definition) is 2. The predicted molar refractivity (Wildman–Crippen MR) is 68.0 cm³/mol. The zero-order valence-corrected chi connectivity index (χ0v) is 11.9. The van der Waals surface area contributed by atoms with E-state index in [4.69, 9.17) is 9.40 Å². The number of oxazole rings is 1. The van der Waals surface area contributed by atoms with Crippen molar-refractivity contribution in [3.63, 3.8) is 0 Å². The molecule has 2 heteroatoms. The van der Waals surface area contributed by atoms with Crippen LogP contribution in [0.5, 0.6) is 0 Å². The number of aromatic nitrogens is 1. The summed E-state index contributed by atoms with van der Waals surface area (Å²) in [4.78, 5) is 4.71. The zero-order chi connectivity index (χ0) is 12.7. The molecule has 0 bridgehead atoms. The van der Waals surface area contributed by atoms with Gasteiger partial charge in [0.1, 0.15) is 5.76 Å². The fourth-order valence-corrected chi connectivity index (χ4v) is 1.58. The van der Waals surface area contributed by atoms with E-state index in [0.29, 0.717) is 5.92 Å². The van der Waals surface area contributed by atoms with Crippen LogP contribution in [0.15, 0.2) is 4.42 Å². The molecule has 0 saturated carbocycles. The molecular weight excluding hydrogens is 198 g/mol. The monoisotopic (exact) mass is 223 g/mol. The lowest BCUT2D eigenvalue weighted by molar-refractivity contribution is 0.363. The van der Waals surface area contributed by atoms with Crippen LogP contribution in [0.25, 0.3) is 0 Å². The van der Waals surface area contributed by atoms with Crippen molar-refractivity contribution in [2.75, 3.05) is 0 Å². The van der Waals surface area contributed by atoms with Crippen LogP contribution in [0.2, 0.25) is 0 Å². The van der Waals surface area contributed by atoms with Crippen molar-refractivity contribution in [2.24, 2.45) is 0 Å². The third-order valence-corrected chi connectivity index (χ3v) is 2.53. The quantitative estimate of drug-likeness (QED) is 0.705. The normalized spacial score (nSPS) is 13.6. The highest BCUT2D eigenvalue weighted by molar-refractivity contribution is 5.23. The first-order chi connectivity index (χ1) is 7.03. The topological polar surface area (TPSA) is 26.0 Å². The third kappa shape index (κ3) is 2.66. The lowest BCUT2D eigenvalue weighted by Crippen LogP contribution is -2.16. The molecule has 1 aromatic heterocycles. The second kappa shape index (κ2) is 3.90. The smallest absolute Gasteiger partial charge is 0.200 e. The summed E-state index contributed by atoms with van der Waals surface area (Å²) in [5.41, 5.74) is 1.13. The summed E-state index contributed by atoms with van der Waals surface area (Å²) < 4.78 is 5.96. The Bertz CT molecular complexity index is 361. The van der Waals surface area contributed by atoms with Crippen molar-refractivity contribution in [3.8, 4) is 0 Å². The molecule has 0 aliphatic carbocycles. The largest absolute Gasteiger partial charge is 0.445 e. The van der Waals surface area contributed by atoms with Crippen molar-refractivity contribution in [1.29, 1.82) is 0 Å². The molecule has 0 unspecified atom stereocenters. The molecular formula is C14H25NO. The van der Waals surface area contributed by atoms with E-state index in [-0.39, 0.29) is 10.8 Å². The van der Waals surface area contributed by atoms with Crippen molar-refractivity contribution in [1.82, 2.24) is 4.98 Å². The Hall–Kier alpha value is -0.790. The van der Waals surface area contributed by atoms with E-state index in [0.717, 1.165) is 17.3 Å². The fourth-order valence-electron chi connectivity index (χ4n) is 1.58. The van der Waals surface area contributed by atoms with E-state index in [1.807, 2.05) is 0 Å². The maximum Gasteiger partial charge on any atom is 0.200 e. The van der Waals surface area contributed by atoms with Crippen LogP contribution >= 0.6 is 0 Å². The highest BCUT2D eigenvalue weighted by Crippen LogP contribution is 2.34. The summed E-state index contributed by atoms with van der Waals surface area (Å²) in [5, 5.41) is 0. The summed E-state index contributed by atoms with van der Waals surface area (Å²) in [6.07, 6.45) is 0. The van der Waals surface area contributed by atoms with Crippen LogP contribution in [0.3, 0.4) is 0 Å². The summed E-state index contributed by atoms with van der Waals surface area (Å²) >= 11 is 0. The lowest BCUT2D eigenvalue weighted by Gasteiger charge is -2.17. The Morgan fingerprint density at radius 2 is 1.44 bits per heavy atom. The van der Waals surface area contributed by atoms with Gasteiger partial charge in [0.05, 0.1) is 5.69 Å². The molecule has 1 heterocycles. The lowest BCUT2D eigenvalue weighted by atomic mass is 9.88. The van der Waals surface area contributed by atoms with Gasteiger partial charge in [0, 0.05) is 16.7 Å². The summed E-state index contributed by atoms with van der Waals surface area (Å²) in [6, 6.07) is 0. The van der Waals surface area contributed by atoms with Gasteiger partial charge in [-0.1, -0.05) is 55.4 Å². The first-order valence-corrected chi connectivity index (χ1v) is 6.05. The van der Waals surface area contributed by atoms with E-state index < -0.39 is 0 Å². The predicted octanol–water partition coefficient (Wildman–Crippen LogP) is 4.39. The average Bonchev–Trinajstić information content (AvgIpc) is 2.44. The fraction of sp³-hybridized carbons (Fsp3) is 0.786. The molecule has 92 valence electrons. The van der Waals surface area contributed by atoms with Crippen LogP contribution in [-0.4, -0.2) is 4.98 Å². The molecule has 16 heavy (non-hydrogen) atoms. The van der Waals surface area contributed by atoms with E-state index in [1.165, 1.54) is 0 Å². The minimum Gasteiger partial charge on any atom is -0.445 e. The Labute approximate surface area is 99.5 Å². The molecule has 0 fully saturated rings. The number of hydrogen-bond donors (Lipinski definition) is 0. The van der Waals surface area contributed by atoms with Gasteiger partial charge in [-0.3, -0.25) is 0 Å². The van der Waals surface area contributed by atoms with E-state index in [2.05, 4.69) is 55.4 Å². The molecule has 0 saturated heterocycles. The third-order valence-electron chi connectivity index (χ3n) is 2.53. The van der Waals surface area contributed by atoms with E-state index >= 15 is 0 Å². The van der Waals surface area contributed by atoms with Crippen molar-refractivity contribution in [3.05, 3.63) is 17.3 Å². The highest BCUT2D eigenvalue weighted by atomic mass is 16.4. The molecule has 0 atom stereocenters. The first-order valence-electron chi connectivity index (χ1n) is 6.05. The molecule has 0 N–H and O–H groups in total. The van der Waals surface area contributed by atoms with Crippen LogP contribution < -0.4 is 0 Å². The first kappa shape index (κ1) is 13.3. The van der Waals surface area contributed by atoms with Crippen LogP contribution in [-0.2, 0) is 10.8 Å². The molecule has 0 aromatic carbocycles. The van der Waals surface area contributed by atoms with Crippen molar-refractivity contribution >= 4 is 0 Å². The molecule has 0 spiro atoms. The van der Waals surface area contributed by atoms with Crippen LogP contribution in [0, 0.1) is 0 Å². The molecule has 1 aromatic rings. The molecule has 0 aliphatic heterocycles. The maximum absolute atomic E-state index is 5.96. The zero-order valence-electron chi connectivity index (χ0n) is 11.9. The maximum atomic E-state index is 5.96. The summed E-state index contributed by atoms with van der Waals surface area (Å²) in [7, 11) is 0. The minimum absolute atomic E-state index is 0.0207. The van der Waals surface area contributed by atoms with Gasteiger partial charge in [-0.05, 0) is 0 Å². The Balaban J connectivity index is 3.32. The number of nitrogens with zero attached hydrogens (tertiary/aromatic N) is 1. The summed E-state index contributed by atoms with van der Waals surface area (Å²) in [6.45, 7) is 17.3. The van der Waals surface area contributed by atoms with Gasteiger partial charge < -0.3 is 4.42 Å². The van der Waals surface area contributed by atoms with Crippen molar-refractivity contribution < 1.29 is 4.42 Å². The Morgan fingerprint density at radius 1 is 0.938 bits per heavy atom. The second-order valence-electron chi connectivity index (χ2n) is 6.89. The van der Waals surface area contributed by atoms with Gasteiger partial charge in [-0.25, -0.2) is 4.98 Å². The second-order valence-corrected chi connectivity index (χ2v) is 6.89. The van der Waals surface area contributed by atoms with Crippen LogP contribution in [0.4, 0.5) is 0 Å². The Kier molecular flexibility index (Phi) is 3.24. The van der Waals surface area contributed by atoms with Gasteiger partial charge >= 0.3 is 0 Å². The average molecular weight is 223 g/mol. The van der Waals surface area contributed by atoms with Crippen LogP contribution in [0.1, 0.15) is 78.7 Å². The molecule has 0 amide bonds.